The van der Waals surface area contributed by atoms with Gasteiger partial charge in [0.05, 0.1) is 0 Å². The molecule has 2 N–H and O–H groups in total. The first-order chi connectivity index (χ1) is 12.6. The number of rotatable bonds is 4. The first-order valence-electron chi connectivity index (χ1n) is 8.67. The van der Waals surface area contributed by atoms with Gasteiger partial charge in [0, 0.05) is 46.3 Å². The Morgan fingerprint density at radius 1 is 1.27 bits per heavy atom. The van der Waals surface area contributed by atoms with Crippen molar-refractivity contribution in [2.45, 2.75) is 18.9 Å². The van der Waals surface area contributed by atoms with Gasteiger partial charge in [0.1, 0.15) is 11.4 Å². The third-order valence-corrected chi connectivity index (χ3v) is 5.21. The van der Waals surface area contributed by atoms with Gasteiger partial charge >= 0.3 is 0 Å². The molecule has 3 heterocycles. The average molecular weight is 370 g/mol. The van der Waals surface area contributed by atoms with Crippen LogP contribution in [0.15, 0.2) is 36.7 Å². The topological polar surface area (TPSA) is 74.2 Å². The Balaban J connectivity index is 1.71. The Morgan fingerprint density at radius 3 is 2.92 bits per heavy atom. The van der Waals surface area contributed by atoms with E-state index in [1.807, 2.05) is 6.07 Å². The van der Waals surface area contributed by atoms with Gasteiger partial charge < -0.3 is 15.3 Å². The minimum absolute atomic E-state index is 0.0817. The fourth-order valence-corrected chi connectivity index (χ4v) is 3.65. The van der Waals surface area contributed by atoms with Gasteiger partial charge in [-0.1, -0.05) is 11.6 Å². The maximum Gasteiger partial charge on any atom is 0.158 e. The lowest BCUT2D eigenvalue weighted by molar-refractivity contribution is 0.322. The van der Waals surface area contributed by atoms with Gasteiger partial charge in [-0.25, -0.2) is 0 Å². The van der Waals surface area contributed by atoms with Gasteiger partial charge in [-0.15, -0.1) is 10.2 Å². The highest BCUT2D eigenvalue weighted by Gasteiger charge is 2.21. The van der Waals surface area contributed by atoms with Gasteiger partial charge in [0.25, 0.3) is 0 Å². The van der Waals surface area contributed by atoms with Crippen LogP contribution in [-0.4, -0.2) is 51.4 Å². The number of aromatic nitrogens is 3. The molecule has 1 fully saturated rings. The molecule has 7 heteroatoms. The van der Waals surface area contributed by atoms with E-state index in [0.717, 1.165) is 23.9 Å². The van der Waals surface area contributed by atoms with Crippen molar-refractivity contribution in [1.29, 1.82) is 0 Å². The number of hydrogen-bond acceptors (Lipinski definition) is 6. The highest BCUT2D eigenvalue weighted by Crippen LogP contribution is 2.35. The molecular formula is C19H20ClN5O. The standard InChI is InChI=1S/C19H20ClN5O/c1-25-8-2-3-13(25)10-22-19-16-11-21-7-6-14(16)18(23-24-19)15-5-4-12(20)9-17(15)26/h4-7,9,11,13,26H,2-3,8,10H2,1H3,(H,22,24)/t13-/m0/s1. The summed E-state index contributed by atoms with van der Waals surface area (Å²) < 4.78 is 0. The Kier molecular flexibility index (Phi) is 4.61. The molecule has 1 aromatic carbocycles. The molecule has 1 aliphatic heterocycles. The number of aromatic hydroxyl groups is 1. The molecule has 1 atom stereocenters. The van der Waals surface area contributed by atoms with Crippen LogP contribution in [-0.2, 0) is 0 Å². The van der Waals surface area contributed by atoms with Crippen molar-refractivity contribution < 1.29 is 5.11 Å². The predicted octanol–water partition coefficient (Wildman–Crippen LogP) is 3.56. The Morgan fingerprint density at radius 2 is 2.15 bits per heavy atom. The van der Waals surface area contributed by atoms with Crippen LogP contribution in [0.2, 0.25) is 5.02 Å². The molecule has 6 nitrogen and oxygen atoms in total. The number of benzene rings is 1. The molecule has 0 unspecified atom stereocenters. The number of nitrogens with one attached hydrogen (secondary N) is 1. The van der Waals surface area contributed by atoms with Gasteiger partial charge in [0.2, 0.25) is 0 Å². The fraction of sp³-hybridized carbons (Fsp3) is 0.316. The van der Waals surface area contributed by atoms with E-state index in [1.165, 1.54) is 18.9 Å². The van der Waals surface area contributed by atoms with E-state index in [1.54, 1.807) is 24.5 Å². The maximum absolute atomic E-state index is 10.3. The summed E-state index contributed by atoms with van der Waals surface area (Å²) in [4.78, 5) is 6.60. The van der Waals surface area contributed by atoms with Gasteiger partial charge in [-0.2, -0.15) is 0 Å². The molecule has 0 amide bonds. The number of halogens is 1. The monoisotopic (exact) mass is 369 g/mol. The van der Waals surface area contributed by atoms with Crippen molar-refractivity contribution in [3.63, 3.8) is 0 Å². The highest BCUT2D eigenvalue weighted by atomic mass is 35.5. The molecule has 134 valence electrons. The van der Waals surface area contributed by atoms with Crippen molar-refractivity contribution in [3.8, 4) is 17.0 Å². The summed E-state index contributed by atoms with van der Waals surface area (Å²) in [6.45, 7) is 1.95. The van der Waals surface area contributed by atoms with E-state index in [4.69, 9.17) is 11.6 Å². The molecule has 1 aliphatic rings. The Bertz CT molecular complexity index is 948. The summed E-state index contributed by atoms with van der Waals surface area (Å²) in [6, 6.07) is 7.38. The number of hydrogen-bond donors (Lipinski definition) is 2. The van der Waals surface area contributed by atoms with E-state index in [-0.39, 0.29) is 5.75 Å². The molecule has 4 rings (SSSR count). The largest absolute Gasteiger partial charge is 0.507 e. The van der Waals surface area contributed by atoms with Crippen molar-refractivity contribution >= 4 is 28.2 Å². The van der Waals surface area contributed by atoms with Crippen LogP contribution in [0.1, 0.15) is 12.8 Å². The minimum Gasteiger partial charge on any atom is -0.507 e. The molecule has 0 saturated carbocycles. The van der Waals surface area contributed by atoms with E-state index >= 15 is 0 Å². The number of phenols is 1. The molecule has 0 spiro atoms. The van der Waals surface area contributed by atoms with Crippen LogP contribution in [0, 0.1) is 0 Å². The number of likely N-dealkylation sites (tertiary alicyclic amines) is 1. The first kappa shape index (κ1) is 17.0. The second-order valence-electron chi connectivity index (χ2n) is 6.64. The molecule has 1 saturated heterocycles. The smallest absolute Gasteiger partial charge is 0.158 e. The lowest BCUT2D eigenvalue weighted by Gasteiger charge is -2.20. The van der Waals surface area contributed by atoms with Crippen LogP contribution >= 0.6 is 11.6 Å². The average Bonchev–Trinajstić information content (AvgIpc) is 3.05. The quantitative estimate of drug-likeness (QED) is 0.732. The van der Waals surface area contributed by atoms with Crippen molar-refractivity contribution in [1.82, 2.24) is 20.1 Å². The third-order valence-electron chi connectivity index (χ3n) is 4.97. The number of likely N-dealkylation sites (N-methyl/N-ethyl adjacent to an activating group) is 1. The highest BCUT2D eigenvalue weighted by molar-refractivity contribution is 6.30. The summed E-state index contributed by atoms with van der Waals surface area (Å²) in [5.41, 5.74) is 1.21. The van der Waals surface area contributed by atoms with E-state index in [2.05, 4.69) is 32.4 Å². The van der Waals surface area contributed by atoms with Crippen LogP contribution in [0.25, 0.3) is 22.0 Å². The molecule has 0 aliphatic carbocycles. The SMILES string of the molecule is CN1CCC[C@H]1CNc1nnc(-c2ccc(Cl)cc2O)c2ccncc12. The van der Waals surface area contributed by atoms with E-state index < -0.39 is 0 Å². The lowest BCUT2D eigenvalue weighted by Crippen LogP contribution is -2.31. The Labute approximate surface area is 156 Å². The van der Waals surface area contributed by atoms with Crippen molar-refractivity contribution in [2.75, 3.05) is 25.5 Å². The number of nitrogens with zero attached hydrogens (tertiary/aromatic N) is 4. The zero-order valence-electron chi connectivity index (χ0n) is 14.5. The molecule has 0 bridgehead atoms. The summed E-state index contributed by atoms with van der Waals surface area (Å²) in [6.07, 6.45) is 5.91. The van der Waals surface area contributed by atoms with Crippen LogP contribution in [0.4, 0.5) is 5.82 Å². The summed E-state index contributed by atoms with van der Waals surface area (Å²) in [5, 5.41) is 24.7. The summed E-state index contributed by atoms with van der Waals surface area (Å²) in [7, 11) is 2.15. The third kappa shape index (κ3) is 3.18. The van der Waals surface area contributed by atoms with Crippen LogP contribution in [0.3, 0.4) is 0 Å². The zero-order chi connectivity index (χ0) is 18.1. The van der Waals surface area contributed by atoms with Crippen LogP contribution < -0.4 is 5.32 Å². The molecule has 2 aromatic heterocycles. The van der Waals surface area contributed by atoms with Crippen LogP contribution in [0.5, 0.6) is 5.75 Å². The molecule has 26 heavy (non-hydrogen) atoms. The number of anilines is 1. The second-order valence-corrected chi connectivity index (χ2v) is 7.07. The van der Waals surface area contributed by atoms with Crippen molar-refractivity contribution in [3.05, 3.63) is 41.7 Å². The molecule has 0 radical (unpaired) electrons. The fourth-order valence-electron chi connectivity index (χ4n) is 3.48. The van der Waals surface area contributed by atoms with Crippen molar-refractivity contribution in [2.24, 2.45) is 0 Å². The maximum atomic E-state index is 10.3. The minimum atomic E-state index is 0.0817. The Hall–Kier alpha value is -2.44. The first-order valence-corrected chi connectivity index (χ1v) is 9.04. The summed E-state index contributed by atoms with van der Waals surface area (Å²) >= 11 is 5.94. The molecular weight excluding hydrogens is 350 g/mol. The normalized spacial score (nSPS) is 17.7. The van der Waals surface area contributed by atoms with E-state index in [0.29, 0.717) is 28.1 Å². The molecule has 3 aromatic rings. The number of pyridine rings is 1. The summed E-state index contributed by atoms with van der Waals surface area (Å²) in [5.74, 6) is 0.795. The van der Waals surface area contributed by atoms with Gasteiger partial charge in [0.15, 0.2) is 5.82 Å². The second kappa shape index (κ2) is 7.05. The van der Waals surface area contributed by atoms with Gasteiger partial charge in [-0.05, 0) is 50.7 Å². The number of fused-ring (bicyclic) bond motifs is 1. The van der Waals surface area contributed by atoms with Gasteiger partial charge in [-0.3, -0.25) is 4.98 Å². The predicted molar refractivity (Wildman–Crippen MR) is 104 cm³/mol. The zero-order valence-corrected chi connectivity index (χ0v) is 15.2. The lowest BCUT2D eigenvalue weighted by atomic mass is 10.1. The van der Waals surface area contributed by atoms with E-state index in [9.17, 15) is 5.11 Å². The number of phenolic OH excluding ortho intramolecular Hbond substituents is 1.